The van der Waals surface area contributed by atoms with Gasteiger partial charge in [0.15, 0.2) is 5.11 Å². The number of nitro groups is 1. The molecule has 0 saturated carbocycles. The van der Waals surface area contributed by atoms with Crippen molar-refractivity contribution in [2.45, 2.75) is 6.92 Å². The summed E-state index contributed by atoms with van der Waals surface area (Å²) in [6, 6.07) is 10.9. The van der Waals surface area contributed by atoms with E-state index in [-0.39, 0.29) is 16.4 Å². The molecule has 9 heteroatoms. The average molecular weight is 446 g/mol. The van der Waals surface area contributed by atoms with E-state index in [0.29, 0.717) is 11.3 Å². The van der Waals surface area contributed by atoms with Gasteiger partial charge in [-0.3, -0.25) is 29.9 Å². The Morgan fingerprint density at radius 3 is 2.44 bits per heavy atom. The van der Waals surface area contributed by atoms with Crippen LogP contribution in [-0.4, -0.2) is 21.9 Å². The van der Waals surface area contributed by atoms with E-state index in [1.807, 2.05) is 13.0 Å². The quantitative estimate of drug-likeness (QED) is 0.256. The minimum atomic E-state index is -0.616. The predicted molar refractivity (Wildman–Crippen MR) is 108 cm³/mol. The summed E-state index contributed by atoms with van der Waals surface area (Å²) >= 11 is 8.55. The Bertz CT molecular complexity index is 1020. The number of halogens is 1. The van der Waals surface area contributed by atoms with Crippen molar-refractivity contribution in [2.24, 2.45) is 0 Å². The number of rotatable bonds is 3. The molecule has 136 valence electrons. The smallest absolute Gasteiger partial charge is 0.270 e. The van der Waals surface area contributed by atoms with Crippen molar-refractivity contribution >= 4 is 62.5 Å². The molecule has 2 amide bonds. The van der Waals surface area contributed by atoms with Crippen molar-refractivity contribution < 1.29 is 14.5 Å². The van der Waals surface area contributed by atoms with Crippen LogP contribution in [0.25, 0.3) is 6.08 Å². The lowest BCUT2D eigenvalue weighted by Gasteiger charge is -2.30. The summed E-state index contributed by atoms with van der Waals surface area (Å²) in [5.41, 5.74) is 1.65. The molecule has 27 heavy (non-hydrogen) atoms. The molecular formula is C18H12BrN3O4S. The highest BCUT2D eigenvalue weighted by molar-refractivity contribution is 9.10. The lowest BCUT2D eigenvalue weighted by atomic mass is 10.1. The number of non-ortho nitro benzene ring substituents is 1. The van der Waals surface area contributed by atoms with Gasteiger partial charge in [0.05, 0.1) is 10.6 Å². The van der Waals surface area contributed by atoms with E-state index < -0.39 is 16.7 Å². The first-order chi connectivity index (χ1) is 12.8. The molecule has 0 spiro atoms. The fraction of sp³-hybridized carbons (Fsp3) is 0.0556. The molecule has 3 rings (SSSR count). The molecule has 2 aromatic carbocycles. The maximum atomic E-state index is 13.0. The zero-order chi connectivity index (χ0) is 19.7. The van der Waals surface area contributed by atoms with Crippen molar-refractivity contribution in [2.75, 3.05) is 4.90 Å². The Morgan fingerprint density at radius 1 is 1.19 bits per heavy atom. The van der Waals surface area contributed by atoms with Crippen molar-refractivity contribution in [1.82, 2.24) is 5.32 Å². The summed E-state index contributed by atoms with van der Waals surface area (Å²) < 4.78 is 0.852. The fourth-order valence-electron chi connectivity index (χ4n) is 2.60. The SMILES string of the molecule is Cc1cc(Br)ccc1N1C(=O)/C(=C/c2ccc([N+](=O)[O-])cc2)C(=O)NC1=S. The molecule has 1 aliphatic heterocycles. The van der Waals surface area contributed by atoms with Crippen LogP contribution in [0.1, 0.15) is 11.1 Å². The highest BCUT2D eigenvalue weighted by atomic mass is 79.9. The summed E-state index contributed by atoms with van der Waals surface area (Å²) in [5, 5.41) is 13.3. The van der Waals surface area contributed by atoms with Crippen LogP contribution in [0.2, 0.25) is 0 Å². The van der Waals surface area contributed by atoms with E-state index in [1.165, 1.54) is 35.2 Å². The molecule has 1 heterocycles. The van der Waals surface area contributed by atoms with Crippen LogP contribution in [0.3, 0.4) is 0 Å². The predicted octanol–water partition coefficient (Wildman–Crippen LogP) is 3.50. The molecule has 1 N–H and O–H groups in total. The zero-order valence-electron chi connectivity index (χ0n) is 13.9. The Morgan fingerprint density at radius 2 is 1.85 bits per heavy atom. The largest absolute Gasteiger partial charge is 0.298 e. The second-order valence-corrected chi connectivity index (χ2v) is 7.04. The van der Waals surface area contributed by atoms with Gasteiger partial charge in [-0.1, -0.05) is 15.9 Å². The van der Waals surface area contributed by atoms with Crippen LogP contribution in [0, 0.1) is 17.0 Å². The number of nitrogens with zero attached hydrogens (tertiary/aromatic N) is 2. The molecular weight excluding hydrogens is 434 g/mol. The van der Waals surface area contributed by atoms with Crippen molar-refractivity contribution in [3.63, 3.8) is 0 Å². The van der Waals surface area contributed by atoms with Crippen molar-refractivity contribution in [1.29, 1.82) is 0 Å². The first kappa shape index (κ1) is 18.9. The third-order valence-corrected chi connectivity index (χ3v) is 4.69. The molecule has 1 saturated heterocycles. The Balaban J connectivity index is 2.00. The second kappa shape index (κ2) is 7.37. The highest BCUT2D eigenvalue weighted by Gasteiger charge is 2.35. The second-order valence-electron chi connectivity index (χ2n) is 5.74. The van der Waals surface area contributed by atoms with E-state index in [1.54, 1.807) is 12.1 Å². The van der Waals surface area contributed by atoms with Gasteiger partial charge >= 0.3 is 0 Å². The van der Waals surface area contributed by atoms with Gasteiger partial charge in [0.2, 0.25) is 0 Å². The van der Waals surface area contributed by atoms with Gasteiger partial charge in [-0.25, -0.2) is 0 Å². The van der Waals surface area contributed by atoms with Crippen LogP contribution in [0.15, 0.2) is 52.5 Å². The summed E-state index contributed by atoms with van der Waals surface area (Å²) in [6.45, 7) is 1.83. The van der Waals surface area contributed by atoms with Crippen molar-refractivity contribution in [3.8, 4) is 0 Å². The molecule has 0 aliphatic carbocycles. The zero-order valence-corrected chi connectivity index (χ0v) is 16.3. The monoisotopic (exact) mass is 445 g/mol. The van der Waals surface area contributed by atoms with Gasteiger partial charge in [0.1, 0.15) is 5.57 Å². The number of amides is 2. The Kier molecular flexibility index (Phi) is 5.15. The summed E-state index contributed by atoms with van der Waals surface area (Å²) in [7, 11) is 0. The molecule has 0 bridgehead atoms. The Labute approximate surface area is 167 Å². The highest BCUT2D eigenvalue weighted by Crippen LogP contribution is 2.27. The summed E-state index contributed by atoms with van der Waals surface area (Å²) in [6.07, 6.45) is 1.38. The molecule has 7 nitrogen and oxygen atoms in total. The van der Waals surface area contributed by atoms with Crippen LogP contribution in [0.4, 0.5) is 11.4 Å². The standard InChI is InChI=1S/C18H12BrN3O4S/c1-10-8-12(19)4-7-15(10)21-17(24)14(16(23)20-18(21)27)9-11-2-5-13(6-3-11)22(25)26/h2-9H,1H3,(H,20,23,27)/b14-9+. The lowest BCUT2D eigenvalue weighted by Crippen LogP contribution is -2.54. The number of anilines is 1. The van der Waals surface area contributed by atoms with Gasteiger partial charge < -0.3 is 0 Å². The number of benzene rings is 2. The average Bonchev–Trinajstić information content (AvgIpc) is 2.60. The number of carbonyl (C=O) groups excluding carboxylic acids is 2. The number of hydrogen-bond acceptors (Lipinski definition) is 5. The maximum Gasteiger partial charge on any atom is 0.270 e. The number of thiocarbonyl (C=S) groups is 1. The van der Waals surface area contributed by atoms with E-state index in [9.17, 15) is 19.7 Å². The van der Waals surface area contributed by atoms with E-state index in [2.05, 4.69) is 21.2 Å². The van der Waals surface area contributed by atoms with Gasteiger partial charge in [0, 0.05) is 16.6 Å². The molecule has 0 atom stereocenters. The molecule has 2 aromatic rings. The summed E-state index contributed by atoms with van der Waals surface area (Å²) in [5.74, 6) is -1.18. The number of aryl methyl sites for hydroxylation is 1. The van der Waals surface area contributed by atoms with E-state index >= 15 is 0 Å². The summed E-state index contributed by atoms with van der Waals surface area (Å²) in [4.78, 5) is 36.7. The van der Waals surface area contributed by atoms with Gasteiger partial charge in [-0.05, 0) is 66.7 Å². The van der Waals surface area contributed by atoms with Gasteiger partial charge in [-0.2, -0.15) is 0 Å². The molecule has 1 fully saturated rings. The van der Waals surface area contributed by atoms with Crippen LogP contribution < -0.4 is 10.2 Å². The minimum Gasteiger partial charge on any atom is -0.298 e. The van der Waals surface area contributed by atoms with Crippen molar-refractivity contribution in [3.05, 3.63) is 73.8 Å². The van der Waals surface area contributed by atoms with Gasteiger partial charge in [-0.15, -0.1) is 0 Å². The van der Waals surface area contributed by atoms with Crippen LogP contribution >= 0.6 is 28.1 Å². The normalized spacial score (nSPS) is 15.9. The maximum absolute atomic E-state index is 13.0. The Hall–Kier alpha value is -2.91. The van der Waals surface area contributed by atoms with E-state index in [0.717, 1.165) is 10.0 Å². The molecule has 0 aromatic heterocycles. The first-order valence-electron chi connectivity index (χ1n) is 7.70. The number of nitro benzene ring substituents is 1. The minimum absolute atomic E-state index is 0.00345. The fourth-order valence-corrected chi connectivity index (χ4v) is 3.35. The van der Waals surface area contributed by atoms with Crippen LogP contribution in [0.5, 0.6) is 0 Å². The number of hydrogen-bond donors (Lipinski definition) is 1. The first-order valence-corrected chi connectivity index (χ1v) is 8.90. The third-order valence-electron chi connectivity index (χ3n) is 3.92. The van der Waals surface area contributed by atoms with Crippen LogP contribution in [-0.2, 0) is 9.59 Å². The molecule has 0 radical (unpaired) electrons. The third kappa shape index (κ3) is 3.79. The molecule has 0 unspecified atom stereocenters. The topological polar surface area (TPSA) is 92.6 Å². The number of carbonyl (C=O) groups is 2. The molecule has 1 aliphatic rings. The lowest BCUT2D eigenvalue weighted by molar-refractivity contribution is -0.384. The number of nitrogens with one attached hydrogen (secondary N) is 1. The van der Waals surface area contributed by atoms with E-state index in [4.69, 9.17) is 12.2 Å². The van der Waals surface area contributed by atoms with Gasteiger partial charge in [0.25, 0.3) is 17.5 Å².